The molecule has 10 heteroatoms. The van der Waals surface area contributed by atoms with Gasteiger partial charge in [0.15, 0.2) is 0 Å². The molecular weight excluding hydrogens is 544 g/mol. The lowest BCUT2D eigenvalue weighted by molar-refractivity contribution is 0.0239. The topological polar surface area (TPSA) is 111 Å². The van der Waals surface area contributed by atoms with E-state index in [4.69, 9.17) is 19.6 Å². The van der Waals surface area contributed by atoms with Crippen LogP contribution in [0.15, 0.2) is 60.8 Å². The molecule has 10 nitrogen and oxygen atoms in total. The fourth-order valence-corrected chi connectivity index (χ4v) is 4.81. The molecule has 1 aliphatic rings. The molecule has 0 unspecified atom stereocenters. The second kappa shape index (κ2) is 11.9. The lowest BCUT2D eigenvalue weighted by Crippen LogP contribution is -2.33. The third-order valence-corrected chi connectivity index (χ3v) is 6.71. The fraction of sp³-hybridized carbons (Fsp3) is 0.394. The molecule has 3 heterocycles. The zero-order valence-corrected chi connectivity index (χ0v) is 25.7. The van der Waals surface area contributed by atoms with Crippen molar-refractivity contribution in [2.75, 3.05) is 18.4 Å². The summed E-state index contributed by atoms with van der Waals surface area (Å²) in [7, 11) is 0. The first-order chi connectivity index (χ1) is 20.3. The van der Waals surface area contributed by atoms with E-state index >= 15 is 0 Å². The minimum absolute atomic E-state index is 0.324. The standard InChI is InChI=1S/C33H40N6O4/c1-32(2,3)42-30(40)35-17-9-16-34-28-18-27(36-26-11-8-7-10-25(26)28)22-12-14-24(15-13-22)39-20-23-19-38(21-29(23)37-39)31(41)43-33(4,5)6/h7-8,10-15,18,20H,9,16-17,19,21H2,1-6H3,(H,34,36)(H,35,40). The molecule has 2 aromatic heterocycles. The lowest BCUT2D eigenvalue weighted by Gasteiger charge is -2.24. The number of rotatable bonds is 7. The number of carbonyl (C=O) groups is 2. The molecule has 0 bridgehead atoms. The second-order valence-corrected chi connectivity index (χ2v) is 12.7. The number of carbonyl (C=O) groups excluding carboxylic acids is 2. The van der Waals surface area contributed by atoms with Crippen molar-refractivity contribution in [2.45, 2.75) is 72.3 Å². The van der Waals surface area contributed by atoms with Gasteiger partial charge in [0, 0.05) is 41.5 Å². The van der Waals surface area contributed by atoms with Crippen molar-refractivity contribution in [2.24, 2.45) is 0 Å². The number of nitrogens with zero attached hydrogens (tertiary/aromatic N) is 4. The van der Waals surface area contributed by atoms with Crippen LogP contribution in [0.5, 0.6) is 0 Å². The summed E-state index contributed by atoms with van der Waals surface area (Å²) in [6.45, 7) is 13.2. The number of aromatic nitrogens is 3. The van der Waals surface area contributed by atoms with E-state index in [1.54, 1.807) is 4.90 Å². The summed E-state index contributed by atoms with van der Waals surface area (Å²) in [5.41, 5.74) is 5.50. The van der Waals surface area contributed by atoms with Crippen LogP contribution < -0.4 is 10.6 Å². The van der Waals surface area contributed by atoms with Crippen molar-refractivity contribution in [3.63, 3.8) is 0 Å². The highest BCUT2D eigenvalue weighted by atomic mass is 16.6. The van der Waals surface area contributed by atoms with E-state index in [1.165, 1.54) is 0 Å². The van der Waals surface area contributed by atoms with Crippen LogP contribution in [0.3, 0.4) is 0 Å². The number of benzene rings is 2. The molecule has 0 radical (unpaired) electrons. The van der Waals surface area contributed by atoms with Gasteiger partial charge in [0.2, 0.25) is 0 Å². The van der Waals surface area contributed by atoms with Crippen LogP contribution in [-0.2, 0) is 22.6 Å². The van der Waals surface area contributed by atoms with Crippen molar-refractivity contribution in [3.05, 3.63) is 72.1 Å². The molecule has 2 amide bonds. The molecule has 0 saturated heterocycles. The van der Waals surface area contributed by atoms with E-state index in [-0.39, 0.29) is 6.09 Å². The highest BCUT2D eigenvalue weighted by Gasteiger charge is 2.30. The van der Waals surface area contributed by atoms with Gasteiger partial charge in [0.05, 0.1) is 35.7 Å². The van der Waals surface area contributed by atoms with E-state index < -0.39 is 17.3 Å². The molecule has 226 valence electrons. The quantitative estimate of drug-likeness (QED) is 0.234. The van der Waals surface area contributed by atoms with Crippen molar-refractivity contribution >= 4 is 28.8 Å². The minimum atomic E-state index is -0.532. The third kappa shape index (κ3) is 7.63. The van der Waals surface area contributed by atoms with E-state index in [2.05, 4.69) is 22.8 Å². The van der Waals surface area contributed by atoms with Crippen LogP contribution >= 0.6 is 0 Å². The van der Waals surface area contributed by atoms with Gasteiger partial charge in [-0.05, 0) is 72.2 Å². The van der Waals surface area contributed by atoms with Crippen molar-refractivity contribution < 1.29 is 19.1 Å². The summed E-state index contributed by atoms with van der Waals surface area (Å²) in [4.78, 5) is 31.0. The van der Waals surface area contributed by atoms with E-state index in [0.717, 1.165) is 51.2 Å². The Morgan fingerprint density at radius 2 is 1.63 bits per heavy atom. The van der Waals surface area contributed by atoms with Crippen LogP contribution in [0.25, 0.3) is 27.8 Å². The number of hydrogen-bond acceptors (Lipinski definition) is 7. The van der Waals surface area contributed by atoms with E-state index in [1.807, 2.05) is 94.9 Å². The molecule has 5 rings (SSSR count). The maximum atomic E-state index is 12.5. The van der Waals surface area contributed by atoms with E-state index in [9.17, 15) is 9.59 Å². The molecule has 0 atom stereocenters. The van der Waals surface area contributed by atoms with E-state index in [0.29, 0.717) is 26.2 Å². The number of anilines is 1. The number of hydrogen-bond donors (Lipinski definition) is 2. The number of alkyl carbamates (subject to hydrolysis) is 1. The normalized spacial score (nSPS) is 13.1. The number of ether oxygens (including phenoxy) is 2. The van der Waals surface area contributed by atoms with Crippen molar-refractivity contribution in [1.29, 1.82) is 0 Å². The van der Waals surface area contributed by atoms with Crippen molar-refractivity contribution in [1.82, 2.24) is 25.0 Å². The zero-order valence-electron chi connectivity index (χ0n) is 25.7. The summed E-state index contributed by atoms with van der Waals surface area (Å²) in [6.07, 6.45) is 1.98. The van der Waals surface area contributed by atoms with Gasteiger partial charge in [-0.25, -0.2) is 19.3 Å². The Morgan fingerprint density at radius 1 is 0.907 bits per heavy atom. The van der Waals surface area contributed by atoms with Crippen LogP contribution in [0.4, 0.5) is 15.3 Å². The smallest absolute Gasteiger partial charge is 0.410 e. The maximum Gasteiger partial charge on any atom is 0.410 e. The molecule has 1 aliphatic heterocycles. The Hall–Kier alpha value is -4.60. The maximum absolute atomic E-state index is 12.5. The highest BCUT2D eigenvalue weighted by molar-refractivity contribution is 5.93. The van der Waals surface area contributed by atoms with Crippen LogP contribution in [-0.4, -0.2) is 56.1 Å². The predicted molar refractivity (Wildman–Crippen MR) is 167 cm³/mol. The first-order valence-electron chi connectivity index (χ1n) is 14.6. The number of pyridine rings is 1. The lowest BCUT2D eigenvalue weighted by atomic mass is 10.1. The molecule has 2 N–H and O–H groups in total. The second-order valence-electron chi connectivity index (χ2n) is 12.7. The number of amides is 2. The van der Waals surface area contributed by atoms with Crippen molar-refractivity contribution in [3.8, 4) is 16.9 Å². The van der Waals surface area contributed by atoms with Crippen LogP contribution in [0.2, 0.25) is 0 Å². The molecule has 0 saturated carbocycles. The summed E-state index contributed by atoms with van der Waals surface area (Å²) in [6, 6.07) is 18.2. The van der Waals surface area contributed by atoms with Gasteiger partial charge in [0.1, 0.15) is 11.2 Å². The first-order valence-corrected chi connectivity index (χ1v) is 14.6. The molecule has 0 spiro atoms. The highest BCUT2D eigenvalue weighted by Crippen LogP contribution is 2.30. The molecule has 43 heavy (non-hydrogen) atoms. The summed E-state index contributed by atoms with van der Waals surface area (Å²) < 4.78 is 12.7. The van der Waals surface area contributed by atoms with Crippen LogP contribution in [0.1, 0.15) is 59.2 Å². The summed E-state index contributed by atoms with van der Waals surface area (Å²) in [5, 5.41) is 12.1. The Bertz CT molecular complexity index is 1590. The molecular formula is C33H40N6O4. The van der Waals surface area contributed by atoms with Gasteiger partial charge < -0.3 is 20.1 Å². The Labute approximate surface area is 252 Å². The monoisotopic (exact) mass is 584 g/mol. The fourth-order valence-electron chi connectivity index (χ4n) is 4.81. The average molecular weight is 585 g/mol. The van der Waals surface area contributed by atoms with Gasteiger partial charge in [0.25, 0.3) is 0 Å². The molecule has 0 fully saturated rings. The Morgan fingerprint density at radius 3 is 2.33 bits per heavy atom. The van der Waals surface area contributed by atoms with Gasteiger partial charge in [-0.15, -0.1) is 0 Å². The SMILES string of the molecule is CC(C)(C)OC(=O)NCCCNc1cc(-c2ccc(-n3cc4c(n3)CN(C(=O)OC(C)(C)C)C4)cc2)nc2ccccc12. The number of para-hydroxylation sites is 1. The summed E-state index contributed by atoms with van der Waals surface area (Å²) in [5.74, 6) is 0. The average Bonchev–Trinajstić information content (AvgIpc) is 3.51. The largest absolute Gasteiger partial charge is 0.444 e. The summed E-state index contributed by atoms with van der Waals surface area (Å²) >= 11 is 0. The number of nitrogens with one attached hydrogen (secondary N) is 2. The Balaban J connectivity index is 1.24. The minimum Gasteiger partial charge on any atom is -0.444 e. The molecule has 0 aliphatic carbocycles. The predicted octanol–water partition coefficient (Wildman–Crippen LogP) is 6.66. The number of fused-ring (bicyclic) bond motifs is 2. The van der Waals surface area contributed by atoms with Gasteiger partial charge >= 0.3 is 12.2 Å². The third-order valence-electron chi connectivity index (χ3n) is 6.71. The molecule has 4 aromatic rings. The Kier molecular flexibility index (Phi) is 8.30. The molecule has 2 aromatic carbocycles. The van der Waals surface area contributed by atoms with Gasteiger partial charge in [-0.3, -0.25) is 4.90 Å². The van der Waals surface area contributed by atoms with Gasteiger partial charge in [-0.1, -0.05) is 30.3 Å². The van der Waals surface area contributed by atoms with Crippen LogP contribution in [0, 0.1) is 0 Å². The first kappa shape index (κ1) is 29.9. The zero-order chi connectivity index (χ0) is 30.8. The van der Waals surface area contributed by atoms with Gasteiger partial charge in [-0.2, -0.15) is 5.10 Å².